The van der Waals surface area contributed by atoms with Crippen LogP contribution in [0, 0.1) is 0 Å². The van der Waals surface area contributed by atoms with Gasteiger partial charge in [0.05, 0.1) is 13.2 Å². The molecule has 0 aromatic heterocycles. The molecule has 0 spiro atoms. The van der Waals surface area contributed by atoms with Crippen LogP contribution < -0.4 is 0 Å². The number of hydrogen-bond acceptors (Lipinski definition) is 1. The lowest BCUT2D eigenvalue weighted by atomic mass is 10.1. The Morgan fingerprint density at radius 1 is 0.933 bits per heavy atom. The van der Waals surface area contributed by atoms with E-state index in [1.165, 1.54) is 44.9 Å². The van der Waals surface area contributed by atoms with Gasteiger partial charge in [-0.05, 0) is 12.8 Å². The van der Waals surface area contributed by atoms with Crippen LogP contribution in [0.2, 0.25) is 0 Å². The Kier molecular flexibility index (Phi) is 12.9. The van der Waals surface area contributed by atoms with E-state index in [1.807, 2.05) is 0 Å². The zero-order valence-electron chi connectivity index (χ0n) is 10.2. The Hall–Kier alpha value is -0.560. The molecule has 0 aromatic carbocycles. The van der Waals surface area contributed by atoms with E-state index in [1.54, 1.807) is 6.08 Å². The van der Waals surface area contributed by atoms with Crippen LogP contribution >= 0.6 is 0 Å². The largest absolute Gasteiger partial charge is 0.373 e. The number of rotatable bonds is 11. The van der Waals surface area contributed by atoms with E-state index in [4.69, 9.17) is 4.74 Å². The molecule has 0 aliphatic rings. The molecular weight excluding hydrogens is 184 g/mol. The molecule has 88 valence electrons. The van der Waals surface area contributed by atoms with Crippen molar-refractivity contribution in [3.05, 3.63) is 24.8 Å². The SMILES string of the molecule is C=CCOCC=CCCCCCCCC. The van der Waals surface area contributed by atoms with E-state index in [9.17, 15) is 0 Å². The standard InChI is InChI=1S/C14H26O/c1-3-5-6-7-8-9-10-11-12-14-15-13-4-2/h4,11-12H,2-3,5-10,13-14H2,1H3. The van der Waals surface area contributed by atoms with Gasteiger partial charge < -0.3 is 4.74 Å². The van der Waals surface area contributed by atoms with E-state index in [0.717, 1.165) is 6.61 Å². The molecule has 1 nitrogen and oxygen atoms in total. The third kappa shape index (κ3) is 13.4. The van der Waals surface area contributed by atoms with E-state index >= 15 is 0 Å². The van der Waals surface area contributed by atoms with Crippen LogP contribution in [0.5, 0.6) is 0 Å². The molecule has 0 amide bonds. The van der Waals surface area contributed by atoms with Crippen LogP contribution in [0.1, 0.15) is 51.9 Å². The molecule has 0 N–H and O–H groups in total. The molecular formula is C14H26O. The minimum absolute atomic E-state index is 0.654. The highest BCUT2D eigenvalue weighted by Gasteiger charge is 1.87. The lowest BCUT2D eigenvalue weighted by molar-refractivity contribution is 0.194. The molecule has 0 unspecified atom stereocenters. The molecule has 0 radical (unpaired) electrons. The normalized spacial score (nSPS) is 11.0. The second-order valence-electron chi connectivity index (χ2n) is 3.85. The van der Waals surface area contributed by atoms with Crippen LogP contribution in [0.15, 0.2) is 24.8 Å². The van der Waals surface area contributed by atoms with Crippen LogP contribution in [0.3, 0.4) is 0 Å². The summed E-state index contributed by atoms with van der Waals surface area (Å²) in [6, 6.07) is 0. The topological polar surface area (TPSA) is 9.23 Å². The van der Waals surface area contributed by atoms with Gasteiger partial charge >= 0.3 is 0 Å². The summed E-state index contributed by atoms with van der Waals surface area (Å²) in [4.78, 5) is 0. The zero-order chi connectivity index (χ0) is 11.2. The lowest BCUT2D eigenvalue weighted by Crippen LogP contribution is -1.89. The number of allylic oxidation sites excluding steroid dienone is 1. The van der Waals surface area contributed by atoms with E-state index < -0.39 is 0 Å². The smallest absolute Gasteiger partial charge is 0.0651 e. The summed E-state index contributed by atoms with van der Waals surface area (Å²) in [7, 11) is 0. The van der Waals surface area contributed by atoms with Crippen LogP contribution in [-0.4, -0.2) is 13.2 Å². The first-order valence-corrected chi connectivity index (χ1v) is 6.25. The number of hydrogen-bond donors (Lipinski definition) is 0. The second-order valence-corrected chi connectivity index (χ2v) is 3.85. The molecule has 0 aliphatic carbocycles. The van der Waals surface area contributed by atoms with E-state index in [0.29, 0.717) is 6.61 Å². The minimum Gasteiger partial charge on any atom is -0.373 e. The third-order valence-electron chi connectivity index (χ3n) is 2.34. The molecule has 0 saturated heterocycles. The van der Waals surface area contributed by atoms with Crippen LogP contribution in [0.25, 0.3) is 0 Å². The van der Waals surface area contributed by atoms with Crippen molar-refractivity contribution in [2.75, 3.05) is 13.2 Å². The van der Waals surface area contributed by atoms with Gasteiger partial charge in [-0.1, -0.05) is 57.3 Å². The Balaban J connectivity index is 2.99. The Labute approximate surface area is 95.2 Å². The first-order valence-electron chi connectivity index (χ1n) is 6.25. The molecule has 0 bridgehead atoms. The maximum absolute atomic E-state index is 5.24. The molecule has 0 fully saturated rings. The predicted molar refractivity (Wildman–Crippen MR) is 68.1 cm³/mol. The Bertz CT molecular complexity index is 149. The molecule has 1 heteroatoms. The fraction of sp³-hybridized carbons (Fsp3) is 0.714. The maximum atomic E-state index is 5.24. The quantitative estimate of drug-likeness (QED) is 0.360. The molecule has 0 saturated carbocycles. The number of ether oxygens (including phenoxy) is 1. The highest BCUT2D eigenvalue weighted by Crippen LogP contribution is 2.06. The van der Waals surface area contributed by atoms with Crippen molar-refractivity contribution >= 4 is 0 Å². The van der Waals surface area contributed by atoms with Gasteiger partial charge in [-0.2, -0.15) is 0 Å². The van der Waals surface area contributed by atoms with Gasteiger partial charge in [-0.15, -0.1) is 6.58 Å². The molecule has 0 heterocycles. The summed E-state index contributed by atoms with van der Waals surface area (Å²) >= 11 is 0. The van der Waals surface area contributed by atoms with Crippen molar-refractivity contribution in [1.29, 1.82) is 0 Å². The summed E-state index contributed by atoms with van der Waals surface area (Å²) in [6.07, 6.45) is 15.5. The highest BCUT2D eigenvalue weighted by molar-refractivity contribution is 4.81. The van der Waals surface area contributed by atoms with E-state index in [2.05, 4.69) is 25.7 Å². The van der Waals surface area contributed by atoms with Gasteiger partial charge in [0.1, 0.15) is 0 Å². The summed E-state index contributed by atoms with van der Waals surface area (Å²) < 4.78 is 5.24. The first kappa shape index (κ1) is 14.4. The summed E-state index contributed by atoms with van der Waals surface area (Å²) in [5, 5.41) is 0. The lowest BCUT2D eigenvalue weighted by Gasteiger charge is -1.98. The first-order chi connectivity index (χ1) is 7.41. The molecule has 0 aromatic rings. The highest BCUT2D eigenvalue weighted by atomic mass is 16.5. The average molecular weight is 210 g/mol. The van der Waals surface area contributed by atoms with Gasteiger partial charge in [-0.25, -0.2) is 0 Å². The van der Waals surface area contributed by atoms with Crippen molar-refractivity contribution in [3.8, 4) is 0 Å². The van der Waals surface area contributed by atoms with E-state index in [-0.39, 0.29) is 0 Å². The summed E-state index contributed by atoms with van der Waals surface area (Å²) in [5.74, 6) is 0. The maximum Gasteiger partial charge on any atom is 0.0651 e. The van der Waals surface area contributed by atoms with Crippen LogP contribution in [-0.2, 0) is 4.74 Å². The van der Waals surface area contributed by atoms with Gasteiger partial charge in [-0.3, -0.25) is 0 Å². The summed E-state index contributed by atoms with van der Waals surface area (Å²) in [5.41, 5.74) is 0. The average Bonchev–Trinajstić information content (AvgIpc) is 2.26. The van der Waals surface area contributed by atoms with Crippen molar-refractivity contribution in [3.63, 3.8) is 0 Å². The predicted octanol–water partition coefficient (Wildman–Crippen LogP) is 4.50. The molecule has 0 atom stereocenters. The van der Waals surface area contributed by atoms with Crippen molar-refractivity contribution in [1.82, 2.24) is 0 Å². The minimum atomic E-state index is 0.654. The third-order valence-corrected chi connectivity index (χ3v) is 2.34. The fourth-order valence-electron chi connectivity index (χ4n) is 1.45. The van der Waals surface area contributed by atoms with Gasteiger partial charge in [0.15, 0.2) is 0 Å². The molecule has 15 heavy (non-hydrogen) atoms. The van der Waals surface area contributed by atoms with Crippen molar-refractivity contribution in [2.45, 2.75) is 51.9 Å². The summed E-state index contributed by atoms with van der Waals surface area (Å²) in [6.45, 7) is 7.23. The fourth-order valence-corrected chi connectivity index (χ4v) is 1.45. The molecule has 0 aliphatic heterocycles. The van der Waals surface area contributed by atoms with Crippen molar-refractivity contribution in [2.24, 2.45) is 0 Å². The second kappa shape index (κ2) is 13.4. The monoisotopic (exact) mass is 210 g/mol. The molecule has 0 rings (SSSR count). The Morgan fingerprint density at radius 2 is 1.67 bits per heavy atom. The van der Waals surface area contributed by atoms with Gasteiger partial charge in [0.2, 0.25) is 0 Å². The van der Waals surface area contributed by atoms with Gasteiger partial charge in [0, 0.05) is 0 Å². The van der Waals surface area contributed by atoms with Crippen LogP contribution in [0.4, 0.5) is 0 Å². The van der Waals surface area contributed by atoms with Crippen molar-refractivity contribution < 1.29 is 4.74 Å². The Morgan fingerprint density at radius 3 is 2.40 bits per heavy atom. The zero-order valence-corrected chi connectivity index (χ0v) is 10.2. The number of unbranched alkanes of at least 4 members (excludes halogenated alkanes) is 6. The van der Waals surface area contributed by atoms with Gasteiger partial charge in [0.25, 0.3) is 0 Å².